The second-order valence-electron chi connectivity index (χ2n) is 6.14. The number of rotatable bonds is 6. The fraction of sp³-hybridized carbons (Fsp3) is 0.316. The van der Waals surface area contributed by atoms with Crippen LogP contribution in [0.3, 0.4) is 0 Å². The van der Waals surface area contributed by atoms with Crippen LogP contribution in [0.1, 0.15) is 31.0 Å². The molecule has 2 rings (SSSR count). The van der Waals surface area contributed by atoms with Crippen LogP contribution in [0.4, 0.5) is 0 Å². The van der Waals surface area contributed by atoms with Crippen molar-refractivity contribution < 1.29 is 17.9 Å². The second kappa shape index (κ2) is 7.70. The molecule has 5 nitrogen and oxygen atoms in total. The van der Waals surface area contributed by atoms with Gasteiger partial charge >= 0.3 is 0 Å². The molecule has 2 atom stereocenters. The van der Waals surface area contributed by atoms with Crippen molar-refractivity contribution >= 4 is 15.7 Å². The lowest BCUT2D eigenvalue weighted by molar-refractivity contribution is -0.127. The molecule has 0 fully saturated rings. The molecule has 0 unspecified atom stereocenters. The fourth-order valence-corrected chi connectivity index (χ4v) is 2.92. The molecule has 0 radical (unpaired) electrons. The molecule has 0 aliphatic heterocycles. The van der Waals surface area contributed by atoms with Gasteiger partial charge in [-0.2, -0.15) is 0 Å². The summed E-state index contributed by atoms with van der Waals surface area (Å²) in [5.41, 5.74) is 1.94. The number of ether oxygens (including phenoxy) is 1. The summed E-state index contributed by atoms with van der Waals surface area (Å²) in [6.07, 6.45) is 0.526. The van der Waals surface area contributed by atoms with Gasteiger partial charge in [0.05, 0.1) is 10.9 Å². The zero-order chi connectivity index (χ0) is 18.6. The average Bonchev–Trinajstić information content (AvgIpc) is 2.56. The molecule has 0 bridgehead atoms. The van der Waals surface area contributed by atoms with Crippen LogP contribution in [0.2, 0.25) is 0 Å². The minimum atomic E-state index is -3.23. The highest BCUT2D eigenvalue weighted by atomic mass is 32.2. The third-order valence-electron chi connectivity index (χ3n) is 3.87. The maximum Gasteiger partial charge on any atom is 0.261 e. The van der Waals surface area contributed by atoms with Crippen LogP contribution >= 0.6 is 0 Å². The van der Waals surface area contributed by atoms with Crippen molar-refractivity contribution in [1.82, 2.24) is 5.32 Å². The number of amides is 1. The molecule has 134 valence electrons. The smallest absolute Gasteiger partial charge is 0.261 e. The molecule has 1 amide bonds. The molecule has 0 aliphatic carbocycles. The molecule has 0 heterocycles. The van der Waals surface area contributed by atoms with Gasteiger partial charge in [0.15, 0.2) is 15.9 Å². The summed E-state index contributed by atoms with van der Waals surface area (Å²) in [6.45, 7) is 5.51. The van der Waals surface area contributed by atoms with Gasteiger partial charge in [0.1, 0.15) is 5.75 Å². The van der Waals surface area contributed by atoms with Crippen LogP contribution in [-0.2, 0) is 14.6 Å². The molecule has 0 saturated heterocycles. The first-order valence-corrected chi connectivity index (χ1v) is 9.89. The summed E-state index contributed by atoms with van der Waals surface area (Å²) in [7, 11) is -3.23. The topological polar surface area (TPSA) is 72.5 Å². The van der Waals surface area contributed by atoms with Crippen molar-refractivity contribution in [2.75, 3.05) is 6.26 Å². The Morgan fingerprint density at radius 1 is 1.00 bits per heavy atom. The van der Waals surface area contributed by atoms with E-state index in [-0.39, 0.29) is 16.8 Å². The maximum absolute atomic E-state index is 12.3. The molecular weight excluding hydrogens is 338 g/mol. The molecule has 2 aromatic carbocycles. The maximum atomic E-state index is 12.3. The third kappa shape index (κ3) is 5.32. The monoisotopic (exact) mass is 361 g/mol. The SMILES string of the molecule is Cc1ccc(O[C@@H](C)C(=O)N[C@H](C)c2ccc(S(C)(=O)=O)cc2)cc1. The normalized spacial score (nSPS) is 13.8. The Kier molecular flexibility index (Phi) is 5.85. The van der Waals surface area contributed by atoms with Crippen molar-refractivity contribution in [2.24, 2.45) is 0 Å². The number of carbonyl (C=O) groups is 1. The molecule has 0 aliphatic rings. The number of aryl methyl sites for hydroxylation is 1. The van der Waals surface area contributed by atoms with E-state index in [1.807, 2.05) is 38.1 Å². The Morgan fingerprint density at radius 3 is 2.08 bits per heavy atom. The average molecular weight is 361 g/mol. The molecule has 6 heteroatoms. The number of sulfone groups is 1. The van der Waals surface area contributed by atoms with E-state index in [0.717, 1.165) is 17.4 Å². The first-order valence-electron chi connectivity index (χ1n) is 8.00. The summed E-state index contributed by atoms with van der Waals surface area (Å²) >= 11 is 0. The van der Waals surface area contributed by atoms with Gasteiger partial charge in [-0.3, -0.25) is 4.79 Å². The lowest BCUT2D eigenvalue weighted by Crippen LogP contribution is -2.37. The molecule has 0 saturated carbocycles. The Labute approximate surface area is 148 Å². The Bertz CT molecular complexity index is 827. The van der Waals surface area contributed by atoms with Gasteiger partial charge < -0.3 is 10.1 Å². The van der Waals surface area contributed by atoms with E-state index < -0.39 is 15.9 Å². The van der Waals surface area contributed by atoms with Crippen LogP contribution in [0.5, 0.6) is 5.75 Å². The third-order valence-corrected chi connectivity index (χ3v) is 5.00. The van der Waals surface area contributed by atoms with E-state index in [0.29, 0.717) is 5.75 Å². The molecular formula is C19H23NO4S. The van der Waals surface area contributed by atoms with Gasteiger partial charge in [-0.25, -0.2) is 8.42 Å². The first kappa shape index (κ1) is 19.0. The van der Waals surface area contributed by atoms with Crippen molar-refractivity contribution in [3.63, 3.8) is 0 Å². The number of hydrogen-bond donors (Lipinski definition) is 1. The van der Waals surface area contributed by atoms with E-state index in [1.165, 1.54) is 0 Å². The van der Waals surface area contributed by atoms with Crippen LogP contribution in [-0.4, -0.2) is 26.7 Å². The second-order valence-corrected chi connectivity index (χ2v) is 8.16. The molecule has 25 heavy (non-hydrogen) atoms. The van der Waals surface area contributed by atoms with E-state index in [9.17, 15) is 13.2 Å². The van der Waals surface area contributed by atoms with E-state index in [4.69, 9.17) is 4.74 Å². The van der Waals surface area contributed by atoms with E-state index >= 15 is 0 Å². The minimum Gasteiger partial charge on any atom is -0.481 e. The van der Waals surface area contributed by atoms with Gasteiger partial charge in [0, 0.05) is 6.26 Å². The van der Waals surface area contributed by atoms with Gasteiger partial charge in [0.25, 0.3) is 5.91 Å². The fourth-order valence-electron chi connectivity index (χ4n) is 2.29. The Balaban J connectivity index is 1.97. The van der Waals surface area contributed by atoms with Gasteiger partial charge in [-0.15, -0.1) is 0 Å². The molecule has 2 aromatic rings. The zero-order valence-corrected chi connectivity index (χ0v) is 15.6. The summed E-state index contributed by atoms with van der Waals surface area (Å²) in [5.74, 6) is 0.402. The highest BCUT2D eigenvalue weighted by Crippen LogP contribution is 2.17. The van der Waals surface area contributed by atoms with Crippen LogP contribution < -0.4 is 10.1 Å². The predicted molar refractivity (Wildman–Crippen MR) is 97.4 cm³/mol. The summed E-state index contributed by atoms with van der Waals surface area (Å²) in [5, 5.41) is 2.87. The largest absolute Gasteiger partial charge is 0.481 e. The van der Waals surface area contributed by atoms with Gasteiger partial charge in [-0.1, -0.05) is 29.8 Å². The number of hydrogen-bond acceptors (Lipinski definition) is 4. The number of nitrogens with one attached hydrogen (secondary N) is 1. The minimum absolute atomic E-state index is 0.236. The molecule has 1 N–H and O–H groups in total. The first-order chi connectivity index (χ1) is 11.7. The van der Waals surface area contributed by atoms with Crippen molar-refractivity contribution in [1.29, 1.82) is 0 Å². The standard InChI is InChI=1S/C19H23NO4S/c1-13-5-9-17(10-6-13)24-15(3)19(21)20-14(2)16-7-11-18(12-8-16)25(4,22)23/h5-12,14-15H,1-4H3,(H,20,21)/t14-,15+/m1/s1. The Morgan fingerprint density at radius 2 is 1.56 bits per heavy atom. The summed E-state index contributed by atoms with van der Waals surface area (Å²) in [4.78, 5) is 12.5. The molecule has 0 aromatic heterocycles. The predicted octanol–water partition coefficient (Wildman–Crippen LogP) is 3.04. The van der Waals surface area contributed by atoms with E-state index in [2.05, 4.69) is 5.32 Å². The van der Waals surface area contributed by atoms with Crippen molar-refractivity contribution in [3.8, 4) is 5.75 Å². The van der Waals surface area contributed by atoms with Crippen molar-refractivity contribution in [2.45, 2.75) is 37.8 Å². The van der Waals surface area contributed by atoms with Gasteiger partial charge in [0.2, 0.25) is 0 Å². The number of carbonyl (C=O) groups excluding carboxylic acids is 1. The highest BCUT2D eigenvalue weighted by Gasteiger charge is 2.18. The Hall–Kier alpha value is -2.34. The van der Waals surface area contributed by atoms with Crippen LogP contribution in [0.25, 0.3) is 0 Å². The summed E-state index contributed by atoms with van der Waals surface area (Å²) < 4.78 is 28.6. The van der Waals surface area contributed by atoms with Crippen LogP contribution in [0.15, 0.2) is 53.4 Å². The molecule has 0 spiro atoms. The lowest BCUT2D eigenvalue weighted by atomic mass is 10.1. The van der Waals surface area contributed by atoms with E-state index in [1.54, 1.807) is 31.2 Å². The zero-order valence-electron chi connectivity index (χ0n) is 14.8. The lowest BCUT2D eigenvalue weighted by Gasteiger charge is -2.19. The van der Waals surface area contributed by atoms with Gasteiger partial charge in [-0.05, 0) is 50.6 Å². The number of benzene rings is 2. The van der Waals surface area contributed by atoms with Crippen LogP contribution in [0, 0.1) is 6.92 Å². The quantitative estimate of drug-likeness (QED) is 0.858. The van der Waals surface area contributed by atoms with Crippen molar-refractivity contribution in [3.05, 3.63) is 59.7 Å². The summed E-state index contributed by atoms with van der Waals surface area (Å²) in [6, 6.07) is 13.7. The highest BCUT2D eigenvalue weighted by molar-refractivity contribution is 7.90.